The number of aryl methyl sites for hydroxylation is 2. The highest BCUT2D eigenvalue weighted by Crippen LogP contribution is 2.25. The van der Waals surface area contributed by atoms with Gasteiger partial charge in [0.15, 0.2) is 11.6 Å². The number of halogens is 1. The topological polar surface area (TPSA) is 74.1 Å². The fourth-order valence-corrected chi connectivity index (χ4v) is 2.13. The van der Waals surface area contributed by atoms with Crippen molar-refractivity contribution in [2.75, 3.05) is 7.11 Å². The molecular formula is C14H16BrN3O3. The first-order valence-corrected chi connectivity index (χ1v) is 7.16. The summed E-state index contributed by atoms with van der Waals surface area (Å²) in [6.45, 7) is 4.18. The van der Waals surface area contributed by atoms with Crippen molar-refractivity contribution in [3.05, 3.63) is 34.5 Å². The van der Waals surface area contributed by atoms with Crippen LogP contribution in [-0.2, 0) is 22.4 Å². The van der Waals surface area contributed by atoms with Gasteiger partial charge in [-0.05, 0) is 28.4 Å². The molecule has 6 nitrogen and oxygen atoms in total. The Hall–Kier alpha value is -1.98. The second-order valence-electron chi connectivity index (χ2n) is 3.99. The van der Waals surface area contributed by atoms with Crippen molar-refractivity contribution in [3.8, 4) is 11.6 Å². The summed E-state index contributed by atoms with van der Waals surface area (Å²) in [6.07, 6.45) is 5.82. The summed E-state index contributed by atoms with van der Waals surface area (Å²) in [6, 6.07) is 1.91. The molecule has 0 aliphatic carbocycles. The number of carbonyl (C=O) groups excluding carboxylic acids is 2. The molecule has 0 atom stereocenters. The second kappa shape index (κ2) is 8.34. The highest BCUT2D eigenvalue weighted by Gasteiger charge is 2.13. The Bertz CT molecular complexity index is 634. The number of aromatic nitrogens is 3. The van der Waals surface area contributed by atoms with Crippen LogP contribution in [0.1, 0.15) is 25.4 Å². The van der Waals surface area contributed by atoms with Crippen LogP contribution in [0.2, 0.25) is 0 Å². The number of pyridine rings is 1. The fourth-order valence-electron chi connectivity index (χ4n) is 1.82. The van der Waals surface area contributed by atoms with Gasteiger partial charge in [-0.25, -0.2) is 9.97 Å². The molecule has 112 valence electrons. The third kappa shape index (κ3) is 4.24. The summed E-state index contributed by atoms with van der Waals surface area (Å²) in [7, 11) is 1.65. The van der Waals surface area contributed by atoms with Crippen molar-refractivity contribution >= 4 is 22.1 Å². The van der Waals surface area contributed by atoms with Gasteiger partial charge in [0.05, 0.1) is 12.8 Å². The van der Waals surface area contributed by atoms with E-state index in [0.29, 0.717) is 0 Å². The molecule has 2 aromatic rings. The molecule has 7 heteroatoms. The van der Waals surface area contributed by atoms with E-state index in [1.54, 1.807) is 13.3 Å². The molecule has 0 fully saturated rings. The smallest absolute Gasteiger partial charge is 0.373 e. The molecule has 0 saturated heterocycles. The minimum Gasteiger partial charge on any atom is -0.493 e. The SMILES string of the molecule is CCc1cn(-c2ncc(Br)cc2OC)c(CC)n1.O=C=O. The van der Waals surface area contributed by atoms with Gasteiger partial charge >= 0.3 is 6.15 Å². The number of methoxy groups -OCH3 is 1. The van der Waals surface area contributed by atoms with Crippen molar-refractivity contribution < 1.29 is 14.3 Å². The molecule has 0 N–H and O–H groups in total. The zero-order chi connectivity index (χ0) is 15.8. The maximum Gasteiger partial charge on any atom is 0.373 e. The Morgan fingerprint density at radius 2 is 2.00 bits per heavy atom. The van der Waals surface area contributed by atoms with Crippen LogP contribution in [0.3, 0.4) is 0 Å². The number of hydrogen-bond donors (Lipinski definition) is 0. The Kier molecular flexibility index (Phi) is 6.78. The molecule has 0 saturated carbocycles. The van der Waals surface area contributed by atoms with Crippen LogP contribution < -0.4 is 4.74 Å². The quantitative estimate of drug-likeness (QED) is 0.844. The molecular weight excluding hydrogens is 338 g/mol. The average molecular weight is 354 g/mol. The van der Waals surface area contributed by atoms with E-state index in [4.69, 9.17) is 14.3 Å². The van der Waals surface area contributed by atoms with Gasteiger partial charge in [-0.1, -0.05) is 13.8 Å². The van der Waals surface area contributed by atoms with Crippen molar-refractivity contribution in [3.63, 3.8) is 0 Å². The lowest BCUT2D eigenvalue weighted by atomic mass is 10.4. The van der Waals surface area contributed by atoms with Gasteiger partial charge in [0, 0.05) is 23.3 Å². The molecule has 0 unspecified atom stereocenters. The minimum absolute atomic E-state index is 0.250. The summed E-state index contributed by atoms with van der Waals surface area (Å²) in [5, 5.41) is 0. The zero-order valence-corrected chi connectivity index (χ0v) is 13.7. The van der Waals surface area contributed by atoms with Crippen LogP contribution in [0.15, 0.2) is 22.9 Å². The highest BCUT2D eigenvalue weighted by atomic mass is 79.9. The normalized spacial score (nSPS) is 9.52. The number of ether oxygens (including phenoxy) is 1. The lowest BCUT2D eigenvalue weighted by molar-refractivity contribution is -0.191. The van der Waals surface area contributed by atoms with Gasteiger partial charge in [0.2, 0.25) is 0 Å². The van der Waals surface area contributed by atoms with E-state index in [-0.39, 0.29) is 6.15 Å². The summed E-state index contributed by atoms with van der Waals surface area (Å²) < 4.78 is 8.29. The first-order chi connectivity index (χ1) is 10.1. The molecule has 0 aliphatic rings. The van der Waals surface area contributed by atoms with Crippen molar-refractivity contribution in [2.24, 2.45) is 0 Å². The van der Waals surface area contributed by atoms with Crippen molar-refractivity contribution in [1.82, 2.24) is 14.5 Å². The molecule has 0 aromatic carbocycles. The average Bonchev–Trinajstić information content (AvgIpc) is 2.91. The molecule has 2 aromatic heterocycles. The van der Waals surface area contributed by atoms with Crippen molar-refractivity contribution in [1.29, 1.82) is 0 Å². The zero-order valence-electron chi connectivity index (χ0n) is 12.1. The summed E-state index contributed by atoms with van der Waals surface area (Å²) in [5.41, 5.74) is 1.07. The Morgan fingerprint density at radius 3 is 2.52 bits per heavy atom. The Balaban J connectivity index is 0.000000677. The first kappa shape index (κ1) is 17.1. The van der Waals surface area contributed by atoms with Gasteiger partial charge in [0.1, 0.15) is 5.82 Å². The molecule has 2 rings (SSSR count). The van der Waals surface area contributed by atoms with Gasteiger partial charge < -0.3 is 4.74 Å². The van der Waals surface area contributed by atoms with Gasteiger partial charge in [-0.15, -0.1) is 0 Å². The maximum absolute atomic E-state index is 8.12. The summed E-state index contributed by atoms with van der Waals surface area (Å²) in [5.74, 6) is 2.52. The van der Waals surface area contributed by atoms with E-state index in [1.165, 1.54) is 0 Å². The third-order valence-corrected chi connectivity index (χ3v) is 3.19. The molecule has 0 spiro atoms. The number of nitrogens with zero attached hydrogens (tertiary/aromatic N) is 3. The predicted molar refractivity (Wildman–Crippen MR) is 79.4 cm³/mol. The summed E-state index contributed by atoms with van der Waals surface area (Å²) >= 11 is 3.40. The number of imidazole rings is 1. The van der Waals surface area contributed by atoms with Crippen LogP contribution in [0, 0.1) is 0 Å². The van der Waals surface area contributed by atoms with E-state index in [1.807, 2.05) is 16.8 Å². The monoisotopic (exact) mass is 353 g/mol. The largest absolute Gasteiger partial charge is 0.493 e. The lowest BCUT2D eigenvalue weighted by Crippen LogP contribution is -2.04. The molecule has 0 bridgehead atoms. The van der Waals surface area contributed by atoms with Crippen LogP contribution in [0.4, 0.5) is 0 Å². The Labute approximate surface area is 131 Å². The highest BCUT2D eigenvalue weighted by molar-refractivity contribution is 9.10. The van der Waals surface area contributed by atoms with E-state index >= 15 is 0 Å². The second-order valence-corrected chi connectivity index (χ2v) is 4.90. The molecule has 0 amide bonds. The van der Waals surface area contributed by atoms with Gasteiger partial charge in [0.25, 0.3) is 0 Å². The van der Waals surface area contributed by atoms with Gasteiger partial charge in [-0.3, -0.25) is 4.57 Å². The van der Waals surface area contributed by atoms with Crippen molar-refractivity contribution in [2.45, 2.75) is 26.7 Å². The molecule has 0 radical (unpaired) electrons. The summed E-state index contributed by atoms with van der Waals surface area (Å²) in [4.78, 5) is 25.3. The van der Waals surface area contributed by atoms with E-state index in [0.717, 1.165) is 40.4 Å². The maximum atomic E-state index is 8.12. The molecule has 0 aliphatic heterocycles. The van der Waals surface area contributed by atoms with E-state index < -0.39 is 0 Å². The fraction of sp³-hybridized carbons (Fsp3) is 0.357. The number of rotatable bonds is 4. The third-order valence-electron chi connectivity index (χ3n) is 2.75. The predicted octanol–water partition coefficient (Wildman–Crippen LogP) is 2.58. The molecule has 2 heterocycles. The van der Waals surface area contributed by atoms with E-state index in [9.17, 15) is 0 Å². The standard InChI is InChI=1S/C13H16BrN3O.CO2/c1-4-10-8-17(12(5-2)16-10)13-11(18-3)6-9(14)7-15-13;2-1-3/h6-8H,4-5H2,1-3H3;. The van der Waals surface area contributed by atoms with Crippen LogP contribution in [-0.4, -0.2) is 27.8 Å². The Morgan fingerprint density at radius 1 is 1.33 bits per heavy atom. The molecule has 21 heavy (non-hydrogen) atoms. The minimum atomic E-state index is 0.250. The van der Waals surface area contributed by atoms with Crippen LogP contribution in [0.25, 0.3) is 5.82 Å². The van der Waals surface area contributed by atoms with Crippen LogP contribution in [0.5, 0.6) is 5.75 Å². The lowest BCUT2D eigenvalue weighted by Gasteiger charge is -2.10. The van der Waals surface area contributed by atoms with Gasteiger partial charge in [-0.2, -0.15) is 9.59 Å². The van der Waals surface area contributed by atoms with E-state index in [2.05, 4.69) is 39.7 Å². The van der Waals surface area contributed by atoms with Crippen LogP contribution >= 0.6 is 15.9 Å². The first-order valence-electron chi connectivity index (χ1n) is 6.37. The number of hydrogen-bond acceptors (Lipinski definition) is 5.